The van der Waals surface area contributed by atoms with Gasteiger partial charge in [0.15, 0.2) is 0 Å². The predicted octanol–water partition coefficient (Wildman–Crippen LogP) is 2.61. The fourth-order valence-electron chi connectivity index (χ4n) is 4.04. The predicted molar refractivity (Wildman–Crippen MR) is 116 cm³/mol. The zero-order chi connectivity index (χ0) is 21.1. The molecule has 0 spiro atoms. The summed E-state index contributed by atoms with van der Waals surface area (Å²) in [5, 5.41) is 4.66. The second kappa shape index (κ2) is 8.87. The first-order chi connectivity index (χ1) is 14.4. The van der Waals surface area contributed by atoms with Gasteiger partial charge in [0.25, 0.3) is 0 Å². The summed E-state index contributed by atoms with van der Waals surface area (Å²) in [6.07, 6.45) is 2.68. The maximum Gasteiger partial charge on any atom is 0.250 e. The van der Waals surface area contributed by atoms with E-state index in [1.807, 2.05) is 24.3 Å². The van der Waals surface area contributed by atoms with Crippen LogP contribution in [0, 0.1) is 5.92 Å². The van der Waals surface area contributed by atoms with E-state index in [9.17, 15) is 18.0 Å². The molecule has 2 aliphatic rings. The lowest BCUT2D eigenvalue weighted by atomic mass is 9.89. The number of benzene rings is 1. The number of amides is 2. The molecule has 1 saturated heterocycles. The highest BCUT2D eigenvalue weighted by Crippen LogP contribution is 2.28. The van der Waals surface area contributed by atoms with Crippen LogP contribution in [-0.2, 0) is 26.0 Å². The number of anilines is 1. The van der Waals surface area contributed by atoms with Gasteiger partial charge in [-0.1, -0.05) is 24.3 Å². The first-order valence-electron chi connectivity index (χ1n) is 10.1. The van der Waals surface area contributed by atoms with E-state index in [0.717, 1.165) is 11.3 Å². The Morgan fingerprint density at radius 1 is 1.17 bits per heavy atom. The zero-order valence-electron chi connectivity index (χ0n) is 16.5. The average Bonchev–Trinajstić information content (AvgIpc) is 3.28. The van der Waals surface area contributed by atoms with Crippen molar-refractivity contribution in [3.8, 4) is 0 Å². The molecule has 1 unspecified atom stereocenters. The summed E-state index contributed by atoms with van der Waals surface area (Å²) < 4.78 is 27.8. The molecule has 3 heterocycles. The number of carbonyl (C=O) groups excluding carboxylic acids is 2. The number of sulfonamides is 1. The summed E-state index contributed by atoms with van der Waals surface area (Å²) in [7, 11) is -3.49. The smallest absolute Gasteiger partial charge is 0.250 e. The van der Waals surface area contributed by atoms with Gasteiger partial charge < -0.3 is 10.2 Å². The molecule has 2 aliphatic heterocycles. The Morgan fingerprint density at radius 2 is 1.93 bits per heavy atom. The Hall–Kier alpha value is -2.23. The monoisotopic (exact) mass is 447 g/mol. The molecule has 2 N–H and O–H groups in total. The second-order valence-corrected chi connectivity index (χ2v) is 10.7. The van der Waals surface area contributed by atoms with E-state index in [0.29, 0.717) is 49.4 Å². The highest BCUT2D eigenvalue weighted by Gasteiger charge is 2.29. The molecule has 7 nitrogen and oxygen atoms in total. The van der Waals surface area contributed by atoms with E-state index in [1.165, 1.54) is 11.3 Å². The van der Waals surface area contributed by atoms with Crippen molar-refractivity contribution in [1.29, 1.82) is 0 Å². The maximum atomic E-state index is 12.6. The molecule has 9 heteroatoms. The molecule has 30 heavy (non-hydrogen) atoms. The van der Waals surface area contributed by atoms with Crippen molar-refractivity contribution in [2.24, 2.45) is 5.92 Å². The van der Waals surface area contributed by atoms with Gasteiger partial charge in [-0.15, -0.1) is 11.3 Å². The van der Waals surface area contributed by atoms with E-state index >= 15 is 0 Å². The Balaban J connectivity index is 1.25. The van der Waals surface area contributed by atoms with Crippen molar-refractivity contribution >= 4 is 38.9 Å². The van der Waals surface area contributed by atoms with Crippen LogP contribution in [0.2, 0.25) is 0 Å². The van der Waals surface area contributed by atoms with Crippen molar-refractivity contribution in [3.63, 3.8) is 0 Å². The van der Waals surface area contributed by atoms with Crippen LogP contribution in [0.25, 0.3) is 0 Å². The molecular weight excluding hydrogens is 422 g/mol. The maximum absolute atomic E-state index is 12.6. The molecule has 0 bridgehead atoms. The summed E-state index contributed by atoms with van der Waals surface area (Å²) in [4.78, 5) is 26.7. The first kappa shape index (κ1) is 21.0. The van der Waals surface area contributed by atoms with Gasteiger partial charge in [-0.25, -0.2) is 13.1 Å². The normalized spacial score (nSPS) is 19.9. The van der Waals surface area contributed by atoms with Crippen molar-refractivity contribution < 1.29 is 18.0 Å². The van der Waals surface area contributed by atoms with Crippen molar-refractivity contribution in [2.75, 3.05) is 18.4 Å². The molecule has 0 radical (unpaired) electrons. The van der Waals surface area contributed by atoms with Gasteiger partial charge in [-0.05, 0) is 48.8 Å². The van der Waals surface area contributed by atoms with Crippen molar-refractivity contribution in [2.45, 2.75) is 42.4 Å². The van der Waals surface area contributed by atoms with Gasteiger partial charge in [-0.3, -0.25) is 9.59 Å². The molecule has 2 aromatic rings. The summed E-state index contributed by atoms with van der Waals surface area (Å²) in [6.45, 7) is 1.05. The van der Waals surface area contributed by atoms with E-state index in [2.05, 4.69) is 10.0 Å². The quantitative estimate of drug-likeness (QED) is 0.712. The molecule has 1 aromatic carbocycles. The summed E-state index contributed by atoms with van der Waals surface area (Å²) >= 11 is 1.19. The lowest BCUT2D eigenvalue weighted by Gasteiger charge is -2.32. The molecule has 160 valence electrons. The molecule has 0 aliphatic carbocycles. The van der Waals surface area contributed by atoms with Gasteiger partial charge in [0.2, 0.25) is 21.8 Å². The average molecular weight is 448 g/mol. The summed E-state index contributed by atoms with van der Waals surface area (Å²) in [5.41, 5.74) is 1.96. The van der Waals surface area contributed by atoms with Crippen molar-refractivity contribution in [1.82, 2.24) is 9.62 Å². The van der Waals surface area contributed by atoms with Gasteiger partial charge in [0.1, 0.15) is 4.21 Å². The molecule has 1 fully saturated rings. The van der Waals surface area contributed by atoms with Gasteiger partial charge in [0, 0.05) is 37.2 Å². The molecule has 4 rings (SSSR count). The number of hydrogen-bond acceptors (Lipinski definition) is 5. The largest absolute Gasteiger partial charge is 0.343 e. The third kappa shape index (κ3) is 4.74. The first-order valence-corrected chi connectivity index (χ1v) is 12.5. The number of nitrogens with zero attached hydrogens (tertiary/aromatic N) is 1. The Morgan fingerprint density at radius 3 is 2.67 bits per heavy atom. The fraction of sp³-hybridized carbons (Fsp3) is 0.429. The Kier molecular flexibility index (Phi) is 6.21. The van der Waals surface area contributed by atoms with Crippen LogP contribution in [0.5, 0.6) is 0 Å². The molecular formula is C21H25N3O4S2. The molecule has 1 atom stereocenters. The Bertz CT molecular complexity index is 1010. The third-order valence-electron chi connectivity index (χ3n) is 5.75. The van der Waals surface area contributed by atoms with E-state index in [-0.39, 0.29) is 23.8 Å². The lowest BCUT2D eigenvalue weighted by molar-refractivity contribution is -0.132. The number of piperidine rings is 1. The van der Waals surface area contributed by atoms with Crippen LogP contribution in [0.1, 0.15) is 31.2 Å². The minimum Gasteiger partial charge on any atom is -0.343 e. The van der Waals surface area contributed by atoms with Gasteiger partial charge in [0.05, 0.1) is 0 Å². The van der Waals surface area contributed by atoms with Gasteiger partial charge in [-0.2, -0.15) is 0 Å². The van der Waals surface area contributed by atoms with Gasteiger partial charge >= 0.3 is 0 Å². The van der Waals surface area contributed by atoms with E-state index in [1.54, 1.807) is 22.4 Å². The number of rotatable bonds is 6. The number of fused-ring (bicyclic) bond motifs is 1. The van der Waals surface area contributed by atoms with E-state index < -0.39 is 10.0 Å². The Labute approximate surface area is 180 Å². The summed E-state index contributed by atoms with van der Waals surface area (Å²) in [5.74, 6) is -0.191. The standard InChI is InChI=1S/C21H25N3O4S2/c25-19(8-7-16-14-15-4-1-2-5-18(15)22-21(16)26)24-11-9-17(10-12-24)23-30(27,28)20-6-3-13-29-20/h1-6,13,16-17,23H,7-12,14H2,(H,22,26). The van der Waals surface area contributed by atoms with Crippen LogP contribution in [0.4, 0.5) is 5.69 Å². The molecule has 2 amide bonds. The molecule has 0 saturated carbocycles. The fourth-order valence-corrected chi connectivity index (χ4v) is 6.36. The highest BCUT2D eigenvalue weighted by molar-refractivity contribution is 7.91. The van der Waals surface area contributed by atoms with Crippen LogP contribution in [0.15, 0.2) is 46.0 Å². The minimum atomic E-state index is -3.49. The van der Waals surface area contributed by atoms with E-state index in [4.69, 9.17) is 0 Å². The molecule has 1 aromatic heterocycles. The van der Waals surface area contributed by atoms with Crippen LogP contribution < -0.4 is 10.0 Å². The number of nitrogens with one attached hydrogen (secondary N) is 2. The zero-order valence-corrected chi connectivity index (χ0v) is 18.2. The van der Waals surface area contributed by atoms with Crippen LogP contribution in [-0.4, -0.2) is 44.3 Å². The number of thiophene rings is 1. The van der Waals surface area contributed by atoms with Crippen LogP contribution in [0.3, 0.4) is 0 Å². The van der Waals surface area contributed by atoms with Crippen LogP contribution >= 0.6 is 11.3 Å². The third-order valence-corrected chi connectivity index (χ3v) is 8.67. The SMILES string of the molecule is O=C1Nc2ccccc2CC1CCC(=O)N1CCC(NS(=O)(=O)c2cccs2)CC1. The number of hydrogen-bond donors (Lipinski definition) is 2. The minimum absolute atomic E-state index is 0.0248. The second-order valence-electron chi connectivity index (χ2n) is 7.79. The highest BCUT2D eigenvalue weighted by atomic mass is 32.2. The number of carbonyl (C=O) groups is 2. The van der Waals surface area contributed by atoms with Crippen molar-refractivity contribution in [3.05, 3.63) is 47.3 Å². The number of likely N-dealkylation sites (tertiary alicyclic amines) is 1. The number of para-hydroxylation sites is 1. The topological polar surface area (TPSA) is 95.6 Å². The lowest BCUT2D eigenvalue weighted by Crippen LogP contribution is -2.46. The summed E-state index contributed by atoms with van der Waals surface area (Å²) in [6, 6.07) is 10.9.